The van der Waals surface area contributed by atoms with E-state index in [1.807, 2.05) is 6.07 Å². The number of nitrogens with zero attached hydrogens (tertiary/aromatic N) is 2. The standard InChI is InChI=1S/C14H10ClN3O2S/c15-14-6-4-12(9-17-14)21(19,20)18-11-3-5-13-10(8-11)2-1-7-16-13/h1-9,18H. The average molecular weight is 320 g/mol. The molecule has 1 aromatic carbocycles. The zero-order valence-electron chi connectivity index (χ0n) is 10.7. The minimum atomic E-state index is -3.69. The number of benzene rings is 1. The van der Waals surface area contributed by atoms with Crippen molar-refractivity contribution in [3.05, 3.63) is 60.0 Å². The van der Waals surface area contributed by atoms with Crippen molar-refractivity contribution in [3.8, 4) is 0 Å². The van der Waals surface area contributed by atoms with E-state index in [-0.39, 0.29) is 10.0 Å². The summed E-state index contributed by atoms with van der Waals surface area (Å²) < 4.78 is 27.0. The number of pyridine rings is 2. The van der Waals surface area contributed by atoms with Gasteiger partial charge in [0.1, 0.15) is 10.0 Å². The van der Waals surface area contributed by atoms with Crippen LogP contribution in [0.2, 0.25) is 5.15 Å². The van der Waals surface area contributed by atoms with Gasteiger partial charge in [-0.15, -0.1) is 0 Å². The molecule has 0 unspecified atom stereocenters. The first kappa shape index (κ1) is 13.8. The van der Waals surface area contributed by atoms with E-state index in [0.29, 0.717) is 5.69 Å². The molecule has 0 atom stereocenters. The zero-order valence-corrected chi connectivity index (χ0v) is 12.3. The Hall–Kier alpha value is -2.18. The van der Waals surface area contributed by atoms with E-state index in [4.69, 9.17) is 11.6 Å². The van der Waals surface area contributed by atoms with Gasteiger partial charge in [0.25, 0.3) is 10.0 Å². The minimum Gasteiger partial charge on any atom is -0.280 e. The number of hydrogen-bond acceptors (Lipinski definition) is 4. The van der Waals surface area contributed by atoms with E-state index in [2.05, 4.69) is 14.7 Å². The first-order valence-electron chi connectivity index (χ1n) is 6.04. The molecule has 0 spiro atoms. The third-order valence-corrected chi connectivity index (χ3v) is 4.46. The highest BCUT2D eigenvalue weighted by Crippen LogP contribution is 2.20. The zero-order chi connectivity index (χ0) is 14.9. The predicted octanol–water partition coefficient (Wildman–Crippen LogP) is 3.08. The predicted molar refractivity (Wildman–Crippen MR) is 81.8 cm³/mol. The average Bonchev–Trinajstić information content (AvgIpc) is 2.47. The molecule has 7 heteroatoms. The molecule has 3 aromatic rings. The molecule has 0 aliphatic rings. The lowest BCUT2D eigenvalue weighted by Gasteiger charge is -2.08. The van der Waals surface area contributed by atoms with Crippen molar-refractivity contribution >= 4 is 38.2 Å². The lowest BCUT2D eigenvalue weighted by atomic mass is 10.2. The fraction of sp³-hybridized carbons (Fsp3) is 0. The number of halogens is 1. The SMILES string of the molecule is O=S(=O)(Nc1ccc2ncccc2c1)c1ccc(Cl)nc1. The highest BCUT2D eigenvalue weighted by atomic mass is 35.5. The molecule has 0 bridgehead atoms. The maximum Gasteiger partial charge on any atom is 0.263 e. The number of nitrogens with one attached hydrogen (secondary N) is 1. The number of hydrogen-bond donors (Lipinski definition) is 1. The van der Waals surface area contributed by atoms with Gasteiger partial charge in [0.05, 0.1) is 5.52 Å². The van der Waals surface area contributed by atoms with Crippen molar-refractivity contribution in [1.29, 1.82) is 0 Å². The van der Waals surface area contributed by atoms with Crippen LogP contribution < -0.4 is 4.72 Å². The van der Waals surface area contributed by atoms with E-state index < -0.39 is 10.0 Å². The first-order chi connectivity index (χ1) is 10.0. The van der Waals surface area contributed by atoms with Gasteiger partial charge in [0.2, 0.25) is 0 Å². The Balaban J connectivity index is 1.95. The van der Waals surface area contributed by atoms with E-state index in [1.54, 1.807) is 30.5 Å². The summed E-state index contributed by atoms with van der Waals surface area (Å²) in [6.07, 6.45) is 2.90. The number of fused-ring (bicyclic) bond motifs is 1. The van der Waals surface area contributed by atoms with Crippen LogP contribution in [0, 0.1) is 0 Å². The second kappa shape index (κ2) is 5.31. The first-order valence-corrected chi connectivity index (χ1v) is 7.90. The van der Waals surface area contributed by atoms with Crippen LogP contribution in [0.15, 0.2) is 59.8 Å². The lowest BCUT2D eigenvalue weighted by molar-refractivity contribution is 0.601. The molecule has 2 heterocycles. The maximum absolute atomic E-state index is 12.2. The van der Waals surface area contributed by atoms with Gasteiger partial charge < -0.3 is 0 Å². The molecule has 0 saturated carbocycles. The van der Waals surface area contributed by atoms with Gasteiger partial charge in [-0.05, 0) is 36.4 Å². The molecule has 0 aliphatic carbocycles. The van der Waals surface area contributed by atoms with E-state index in [9.17, 15) is 8.42 Å². The smallest absolute Gasteiger partial charge is 0.263 e. The monoisotopic (exact) mass is 319 g/mol. The maximum atomic E-state index is 12.2. The van der Waals surface area contributed by atoms with Crippen molar-refractivity contribution < 1.29 is 8.42 Å². The molecule has 0 radical (unpaired) electrons. The number of rotatable bonds is 3. The Labute approximate surface area is 126 Å². The van der Waals surface area contributed by atoms with E-state index >= 15 is 0 Å². The summed E-state index contributed by atoms with van der Waals surface area (Å²) in [4.78, 5) is 8.01. The Bertz CT molecular complexity index is 895. The van der Waals surface area contributed by atoms with Crippen molar-refractivity contribution in [2.45, 2.75) is 4.90 Å². The van der Waals surface area contributed by atoms with Gasteiger partial charge in [0, 0.05) is 23.5 Å². The molecular weight excluding hydrogens is 310 g/mol. The third-order valence-electron chi connectivity index (χ3n) is 2.87. The normalized spacial score (nSPS) is 11.5. The Kier molecular flexibility index (Phi) is 3.48. The third kappa shape index (κ3) is 2.96. The minimum absolute atomic E-state index is 0.0539. The molecule has 106 valence electrons. The van der Waals surface area contributed by atoms with Crippen molar-refractivity contribution in [1.82, 2.24) is 9.97 Å². The van der Waals surface area contributed by atoms with Gasteiger partial charge in [-0.25, -0.2) is 13.4 Å². The van der Waals surface area contributed by atoms with Crippen molar-refractivity contribution in [3.63, 3.8) is 0 Å². The number of sulfonamides is 1. The van der Waals surface area contributed by atoms with Crippen LogP contribution >= 0.6 is 11.6 Å². The molecule has 3 rings (SSSR count). The van der Waals surface area contributed by atoms with Crippen LogP contribution in [0.5, 0.6) is 0 Å². The summed E-state index contributed by atoms with van der Waals surface area (Å²) in [7, 11) is -3.69. The summed E-state index contributed by atoms with van der Waals surface area (Å²) in [5.41, 5.74) is 1.26. The highest BCUT2D eigenvalue weighted by Gasteiger charge is 2.14. The summed E-state index contributed by atoms with van der Waals surface area (Å²) in [6.45, 7) is 0. The fourth-order valence-corrected chi connectivity index (χ4v) is 2.98. The Morgan fingerprint density at radius 2 is 1.90 bits per heavy atom. The van der Waals surface area contributed by atoms with Crippen LogP contribution in [0.3, 0.4) is 0 Å². The summed E-state index contributed by atoms with van der Waals surface area (Å²) in [5.74, 6) is 0. The fourth-order valence-electron chi connectivity index (χ4n) is 1.87. The Morgan fingerprint density at radius 1 is 1.05 bits per heavy atom. The van der Waals surface area contributed by atoms with Gasteiger partial charge in [-0.1, -0.05) is 17.7 Å². The molecule has 21 heavy (non-hydrogen) atoms. The van der Waals surface area contributed by atoms with Crippen LogP contribution in [0.1, 0.15) is 0 Å². The lowest BCUT2D eigenvalue weighted by Crippen LogP contribution is -2.13. The van der Waals surface area contributed by atoms with Crippen molar-refractivity contribution in [2.24, 2.45) is 0 Å². The number of aromatic nitrogens is 2. The quantitative estimate of drug-likeness (QED) is 0.753. The molecule has 0 aliphatic heterocycles. The molecule has 0 fully saturated rings. The van der Waals surface area contributed by atoms with Gasteiger partial charge in [0.15, 0.2) is 0 Å². The summed E-state index contributed by atoms with van der Waals surface area (Å²) in [5, 5.41) is 1.10. The summed E-state index contributed by atoms with van der Waals surface area (Å²) >= 11 is 5.65. The highest BCUT2D eigenvalue weighted by molar-refractivity contribution is 7.92. The van der Waals surface area contributed by atoms with Crippen LogP contribution in [0.4, 0.5) is 5.69 Å². The van der Waals surface area contributed by atoms with E-state index in [0.717, 1.165) is 10.9 Å². The Morgan fingerprint density at radius 3 is 2.67 bits per heavy atom. The van der Waals surface area contributed by atoms with Gasteiger partial charge >= 0.3 is 0 Å². The van der Waals surface area contributed by atoms with Crippen LogP contribution in [-0.2, 0) is 10.0 Å². The van der Waals surface area contributed by atoms with E-state index in [1.165, 1.54) is 18.3 Å². The molecule has 0 amide bonds. The molecule has 1 N–H and O–H groups in total. The molecular formula is C14H10ClN3O2S. The van der Waals surface area contributed by atoms with Gasteiger partial charge in [-0.3, -0.25) is 9.71 Å². The molecule has 2 aromatic heterocycles. The molecule has 0 saturated heterocycles. The number of anilines is 1. The van der Waals surface area contributed by atoms with Gasteiger partial charge in [-0.2, -0.15) is 0 Å². The van der Waals surface area contributed by atoms with Crippen LogP contribution in [0.25, 0.3) is 10.9 Å². The summed E-state index contributed by atoms with van der Waals surface area (Å²) in [6, 6.07) is 11.6. The van der Waals surface area contributed by atoms with Crippen LogP contribution in [-0.4, -0.2) is 18.4 Å². The second-order valence-corrected chi connectivity index (χ2v) is 6.40. The second-order valence-electron chi connectivity index (χ2n) is 4.33. The van der Waals surface area contributed by atoms with Crippen molar-refractivity contribution in [2.75, 3.05) is 4.72 Å². The molecule has 5 nitrogen and oxygen atoms in total. The topological polar surface area (TPSA) is 72.0 Å². The largest absolute Gasteiger partial charge is 0.280 e.